The van der Waals surface area contributed by atoms with Crippen LogP contribution in [0.25, 0.3) is 5.57 Å². The fraction of sp³-hybridized carbons (Fsp3) is 0.167. The summed E-state index contributed by atoms with van der Waals surface area (Å²) in [7, 11) is 0. The summed E-state index contributed by atoms with van der Waals surface area (Å²) in [6.07, 6.45) is 0.916. The van der Waals surface area contributed by atoms with Crippen LogP contribution >= 0.6 is 0 Å². The predicted octanol–water partition coefficient (Wildman–Crippen LogP) is 3.05. The van der Waals surface area contributed by atoms with Crippen LogP contribution in [0.2, 0.25) is 0 Å². The molecule has 3 rings (SSSR count). The molecular weight excluding hydrogens is 260 g/mol. The number of benzene rings is 2. The first-order chi connectivity index (χ1) is 10.2. The first-order valence-electron chi connectivity index (χ1n) is 7.13. The average molecular weight is 278 g/mol. The van der Waals surface area contributed by atoms with Crippen molar-refractivity contribution in [3.8, 4) is 0 Å². The van der Waals surface area contributed by atoms with Crippen LogP contribution in [0.1, 0.15) is 33.5 Å². The van der Waals surface area contributed by atoms with Crippen molar-refractivity contribution >= 4 is 17.0 Å². The number of nitrogens with two attached hydrogens (primary N) is 1. The van der Waals surface area contributed by atoms with E-state index in [1.54, 1.807) is 0 Å². The molecule has 3 N–H and O–H groups in total. The number of hydrogen-bond acceptors (Lipinski definition) is 3. The molecule has 0 spiro atoms. The third-order valence-corrected chi connectivity index (χ3v) is 3.80. The lowest BCUT2D eigenvalue weighted by atomic mass is 9.82. The minimum Gasteiger partial charge on any atom is -0.385 e. The van der Waals surface area contributed by atoms with Crippen LogP contribution in [0, 0.1) is 0 Å². The van der Waals surface area contributed by atoms with Gasteiger partial charge in [0.15, 0.2) is 5.78 Å². The van der Waals surface area contributed by atoms with E-state index in [1.165, 1.54) is 0 Å². The molecule has 0 aliphatic heterocycles. The quantitative estimate of drug-likeness (QED) is 0.721. The summed E-state index contributed by atoms with van der Waals surface area (Å²) in [5, 5.41) is 3.32. The van der Waals surface area contributed by atoms with Gasteiger partial charge < -0.3 is 11.1 Å². The number of hydrogen-bond donors (Lipinski definition) is 2. The summed E-state index contributed by atoms with van der Waals surface area (Å²) >= 11 is 0. The second-order valence-electron chi connectivity index (χ2n) is 5.18. The standard InChI is InChI=1S/C18H18N2O/c1-12-14-5-2-3-6-15(14)18(21)16-8-7-13(11-17(12)16)20-10-4-9-19/h2-3,5-8,11,20H,1,4,9-10,19H2. The Morgan fingerprint density at radius 3 is 2.48 bits per heavy atom. The summed E-state index contributed by atoms with van der Waals surface area (Å²) in [6, 6.07) is 13.5. The van der Waals surface area contributed by atoms with Gasteiger partial charge in [0.2, 0.25) is 0 Å². The molecule has 0 aromatic heterocycles. The molecule has 1 aliphatic rings. The molecule has 0 bridgehead atoms. The smallest absolute Gasteiger partial charge is 0.194 e. The van der Waals surface area contributed by atoms with Crippen molar-refractivity contribution in [1.82, 2.24) is 0 Å². The number of rotatable bonds is 4. The predicted molar refractivity (Wildman–Crippen MR) is 86.6 cm³/mol. The summed E-state index contributed by atoms with van der Waals surface area (Å²) in [5.74, 6) is 0.0708. The van der Waals surface area contributed by atoms with Crippen molar-refractivity contribution in [2.75, 3.05) is 18.4 Å². The van der Waals surface area contributed by atoms with Crippen molar-refractivity contribution in [1.29, 1.82) is 0 Å². The molecule has 0 radical (unpaired) electrons. The van der Waals surface area contributed by atoms with Gasteiger partial charge in [-0.3, -0.25) is 4.79 Å². The van der Waals surface area contributed by atoms with Crippen LogP contribution in [-0.4, -0.2) is 18.9 Å². The third-order valence-electron chi connectivity index (χ3n) is 3.80. The van der Waals surface area contributed by atoms with Gasteiger partial charge in [0, 0.05) is 23.4 Å². The molecule has 0 unspecified atom stereocenters. The van der Waals surface area contributed by atoms with Crippen molar-refractivity contribution in [3.05, 3.63) is 71.3 Å². The molecular formula is C18H18N2O. The van der Waals surface area contributed by atoms with Gasteiger partial charge in [-0.15, -0.1) is 0 Å². The number of nitrogens with one attached hydrogen (secondary N) is 1. The van der Waals surface area contributed by atoms with E-state index >= 15 is 0 Å². The van der Waals surface area contributed by atoms with E-state index in [9.17, 15) is 4.79 Å². The van der Waals surface area contributed by atoms with Gasteiger partial charge in [-0.05, 0) is 47.9 Å². The molecule has 0 amide bonds. The van der Waals surface area contributed by atoms with E-state index in [1.807, 2.05) is 42.5 Å². The molecule has 3 nitrogen and oxygen atoms in total. The molecule has 106 valence electrons. The maximum atomic E-state index is 12.5. The third kappa shape index (κ3) is 2.36. The monoisotopic (exact) mass is 278 g/mol. The van der Waals surface area contributed by atoms with E-state index in [-0.39, 0.29) is 5.78 Å². The lowest BCUT2D eigenvalue weighted by molar-refractivity contribution is 0.103. The van der Waals surface area contributed by atoms with E-state index in [0.717, 1.165) is 46.5 Å². The zero-order valence-electron chi connectivity index (χ0n) is 11.9. The molecule has 1 aliphatic carbocycles. The van der Waals surface area contributed by atoms with Crippen molar-refractivity contribution in [2.24, 2.45) is 5.73 Å². The SMILES string of the molecule is C=C1c2ccccc2C(=O)c2ccc(NCCCN)cc21. The van der Waals surface area contributed by atoms with Crippen LogP contribution < -0.4 is 11.1 Å². The van der Waals surface area contributed by atoms with Crippen molar-refractivity contribution in [3.63, 3.8) is 0 Å². The van der Waals surface area contributed by atoms with Crippen LogP contribution in [0.4, 0.5) is 5.69 Å². The van der Waals surface area contributed by atoms with Gasteiger partial charge in [0.25, 0.3) is 0 Å². The van der Waals surface area contributed by atoms with Gasteiger partial charge in [0.1, 0.15) is 0 Å². The molecule has 0 fully saturated rings. The molecule has 0 atom stereocenters. The molecule has 2 aromatic rings. The molecule has 3 heteroatoms. The summed E-state index contributed by atoms with van der Waals surface area (Å²) in [4.78, 5) is 12.5. The Kier molecular flexibility index (Phi) is 3.59. The van der Waals surface area contributed by atoms with Crippen LogP contribution in [0.5, 0.6) is 0 Å². The first kappa shape index (κ1) is 13.6. The lowest BCUT2D eigenvalue weighted by Gasteiger charge is -2.21. The Morgan fingerprint density at radius 2 is 1.71 bits per heavy atom. The van der Waals surface area contributed by atoms with E-state index in [2.05, 4.69) is 11.9 Å². The molecule has 21 heavy (non-hydrogen) atoms. The Balaban J connectivity index is 1.99. The summed E-state index contributed by atoms with van der Waals surface area (Å²) < 4.78 is 0. The average Bonchev–Trinajstić information content (AvgIpc) is 2.53. The minimum atomic E-state index is 0.0708. The zero-order valence-corrected chi connectivity index (χ0v) is 11.9. The first-order valence-corrected chi connectivity index (χ1v) is 7.13. The Labute approximate surface area is 124 Å². The summed E-state index contributed by atoms with van der Waals surface area (Å²) in [6.45, 7) is 5.66. The van der Waals surface area contributed by atoms with Gasteiger partial charge >= 0.3 is 0 Å². The second-order valence-corrected chi connectivity index (χ2v) is 5.18. The van der Waals surface area contributed by atoms with Gasteiger partial charge in [-0.25, -0.2) is 0 Å². The number of anilines is 1. The lowest BCUT2D eigenvalue weighted by Crippen LogP contribution is -2.15. The largest absolute Gasteiger partial charge is 0.385 e. The number of fused-ring (bicyclic) bond motifs is 2. The zero-order chi connectivity index (χ0) is 14.8. The molecule has 0 saturated carbocycles. The second kappa shape index (κ2) is 5.54. The minimum absolute atomic E-state index is 0.0708. The maximum Gasteiger partial charge on any atom is 0.194 e. The van der Waals surface area contributed by atoms with Crippen molar-refractivity contribution < 1.29 is 4.79 Å². The highest BCUT2D eigenvalue weighted by molar-refractivity contribution is 6.18. The van der Waals surface area contributed by atoms with E-state index < -0.39 is 0 Å². The van der Waals surface area contributed by atoms with Gasteiger partial charge in [0.05, 0.1) is 0 Å². The molecule has 0 saturated heterocycles. The van der Waals surface area contributed by atoms with Gasteiger partial charge in [-0.1, -0.05) is 30.8 Å². The van der Waals surface area contributed by atoms with Crippen molar-refractivity contribution in [2.45, 2.75) is 6.42 Å². The molecule has 2 aromatic carbocycles. The normalized spacial score (nSPS) is 12.8. The Bertz CT molecular complexity index is 719. The summed E-state index contributed by atoms with van der Waals surface area (Å²) in [5.41, 5.74) is 10.7. The fourth-order valence-electron chi connectivity index (χ4n) is 2.67. The van der Waals surface area contributed by atoms with Crippen LogP contribution in [-0.2, 0) is 0 Å². The number of ketones is 1. The van der Waals surface area contributed by atoms with Crippen LogP contribution in [0.15, 0.2) is 49.0 Å². The highest BCUT2D eigenvalue weighted by atomic mass is 16.1. The fourth-order valence-corrected chi connectivity index (χ4v) is 2.67. The van der Waals surface area contributed by atoms with E-state index in [0.29, 0.717) is 6.54 Å². The highest BCUT2D eigenvalue weighted by Crippen LogP contribution is 2.35. The molecule has 0 heterocycles. The Morgan fingerprint density at radius 1 is 1.00 bits per heavy atom. The van der Waals surface area contributed by atoms with Gasteiger partial charge in [-0.2, -0.15) is 0 Å². The van der Waals surface area contributed by atoms with E-state index in [4.69, 9.17) is 5.73 Å². The number of carbonyl (C=O) groups excluding carboxylic acids is 1. The topological polar surface area (TPSA) is 55.1 Å². The Hall–Kier alpha value is -2.39. The highest BCUT2D eigenvalue weighted by Gasteiger charge is 2.25. The van der Waals surface area contributed by atoms with Crippen LogP contribution in [0.3, 0.4) is 0 Å². The maximum absolute atomic E-state index is 12.5. The number of carbonyl (C=O) groups is 1.